The van der Waals surface area contributed by atoms with Crippen molar-refractivity contribution in [3.05, 3.63) is 29.3 Å². The van der Waals surface area contributed by atoms with Crippen LogP contribution < -0.4 is 37.1 Å². The number of fused-ring (bicyclic) bond motifs is 3. The highest BCUT2D eigenvalue weighted by atomic mass is 16.6. The Balaban J connectivity index is 1.42. The molecule has 1 aromatic rings. The van der Waals surface area contributed by atoms with Crippen molar-refractivity contribution in [3.63, 3.8) is 0 Å². The predicted molar refractivity (Wildman–Crippen MR) is 272 cm³/mol. The first-order valence-corrected chi connectivity index (χ1v) is 26.9. The van der Waals surface area contributed by atoms with Crippen molar-refractivity contribution in [1.29, 1.82) is 0 Å². The summed E-state index contributed by atoms with van der Waals surface area (Å²) in [6.07, 6.45) is -4.81. The molecule has 1 aromatic carbocycles. The fraction of sp³-hybridized carbons (Fsp3) is 0.731. The molecule has 426 valence electrons. The molecule has 5 rings (SSSR count). The quantitative estimate of drug-likeness (QED) is 0.0596. The van der Waals surface area contributed by atoms with Gasteiger partial charge in [-0.25, -0.2) is 0 Å². The number of aliphatic hydroxyl groups excluding tert-OH is 7. The molecule has 24 nitrogen and oxygen atoms in total. The average molecular weight is 1080 g/mol. The molecular weight excluding hydrogens is 993 g/mol. The van der Waals surface area contributed by atoms with E-state index in [4.69, 9.17) is 10.5 Å². The molecule has 3 fully saturated rings. The van der Waals surface area contributed by atoms with Gasteiger partial charge < -0.3 is 82.6 Å². The molecule has 0 saturated carbocycles. The van der Waals surface area contributed by atoms with Crippen molar-refractivity contribution in [1.82, 2.24) is 36.4 Å². The summed E-state index contributed by atoms with van der Waals surface area (Å²) in [5.74, 6) is -6.73. The summed E-state index contributed by atoms with van der Waals surface area (Å²) in [7, 11) is 0. The van der Waals surface area contributed by atoms with Crippen LogP contribution in [0.3, 0.4) is 0 Å². The van der Waals surface area contributed by atoms with Gasteiger partial charge in [-0.1, -0.05) is 77.8 Å². The van der Waals surface area contributed by atoms with Gasteiger partial charge in [-0.3, -0.25) is 38.4 Å². The zero-order chi connectivity index (χ0) is 56.0. The number of nitrogens with zero attached hydrogens (tertiary/aromatic N) is 2. The maximum absolute atomic E-state index is 14.5. The highest BCUT2D eigenvalue weighted by molar-refractivity contribution is 5.98. The minimum Gasteiger partial charge on any atom is -0.465 e. The molecule has 0 bridgehead atoms. The second-order valence-corrected chi connectivity index (χ2v) is 21.4. The van der Waals surface area contributed by atoms with Gasteiger partial charge in [0, 0.05) is 57.3 Å². The van der Waals surface area contributed by atoms with E-state index in [9.17, 15) is 74.1 Å². The Morgan fingerprint density at radius 3 is 2.12 bits per heavy atom. The van der Waals surface area contributed by atoms with Crippen molar-refractivity contribution in [2.75, 3.05) is 19.6 Å². The van der Waals surface area contributed by atoms with Crippen LogP contribution in [0.15, 0.2) is 18.2 Å². The fourth-order valence-corrected chi connectivity index (χ4v) is 10.5. The van der Waals surface area contributed by atoms with Crippen LogP contribution in [-0.2, 0) is 51.2 Å². The normalized spacial score (nSPS) is 29.0. The molecule has 0 spiro atoms. The van der Waals surface area contributed by atoms with Crippen molar-refractivity contribution in [2.24, 2.45) is 17.6 Å². The van der Waals surface area contributed by atoms with Gasteiger partial charge in [0.15, 0.2) is 0 Å². The standard InChI is InChI=1S/C52H82N8O16/c1-5-27(2)18-28(3)12-10-8-6-7-9-11-13-41(68)55-34-22-32(62)25-54-50(73)46-36(64)16-17-59(46)52(75)45(38(66)24-40(53)67)58-49(72)44(37(65)20-30-14-15-39-31(19-30)21-42(69)76-39)57-48(71)35-23-33(63)26-60(35)51(74)43(29(4)61)56-47(34)70/h14-15,19,27-29,32-38,42-46,61-66,69H,5-13,16-18,20-26H2,1-4H3,(H2,53,67)(H,54,73)(H,55,68)(H,56,70)(H,57,71)(H,58,72)/t27?,28?,29-,32+,33+,34?,35-,36-,37+,38-,42?,43-,44-,45-,46-/m0/s1. The van der Waals surface area contributed by atoms with Gasteiger partial charge >= 0.3 is 0 Å². The summed E-state index contributed by atoms with van der Waals surface area (Å²) >= 11 is 0. The fourth-order valence-electron chi connectivity index (χ4n) is 10.5. The summed E-state index contributed by atoms with van der Waals surface area (Å²) in [4.78, 5) is 113. The van der Waals surface area contributed by atoms with Gasteiger partial charge in [-0.2, -0.15) is 0 Å². The number of benzene rings is 1. The number of β-amino-alcohol motifs (C(OH)–C–C–N with tert-alkyl or cyclic N) is 1. The lowest BCUT2D eigenvalue weighted by Crippen LogP contribution is -2.64. The number of unbranched alkanes of at least 4 members (excludes halogenated alkanes) is 5. The van der Waals surface area contributed by atoms with Crippen LogP contribution >= 0.6 is 0 Å². The highest BCUT2D eigenvalue weighted by Crippen LogP contribution is 2.30. The van der Waals surface area contributed by atoms with E-state index < -0.39 is 159 Å². The molecule has 14 N–H and O–H groups in total. The molecule has 4 heterocycles. The summed E-state index contributed by atoms with van der Waals surface area (Å²) in [5, 5.41) is 89.5. The molecule has 8 amide bonds. The zero-order valence-electron chi connectivity index (χ0n) is 44.1. The lowest BCUT2D eigenvalue weighted by molar-refractivity contribution is -0.147. The monoisotopic (exact) mass is 1070 g/mol. The number of nitrogens with two attached hydrogens (primary N) is 1. The van der Waals surface area contributed by atoms with E-state index in [-0.39, 0.29) is 32.2 Å². The molecular formula is C52H82N8O16. The smallest absolute Gasteiger partial charge is 0.248 e. The molecule has 4 aliphatic rings. The van der Waals surface area contributed by atoms with E-state index in [1.807, 2.05) is 0 Å². The van der Waals surface area contributed by atoms with E-state index in [1.165, 1.54) is 25.5 Å². The molecule has 4 unspecified atom stereocenters. The Morgan fingerprint density at radius 2 is 1.43 bits per heavy atom. The minimum absolute atomic E-state index is 0.00178. The number of carbonyl (C=O) groups excluding carboxylic acids is 8. The first-order chi connectivity index (χ1) is 36.0. The largest absolute Gasteiger partial charge is 0.465 e. The Kier molecular flexibility index (Phi) is 23.2. The molecule has 24 heteroatoms. The Morgan fingerprint density at radius 1 is 0.776 bits per heavy atom. The van der Waals surface area contributed by atoms with Gasteiger partial charge in [-0.05, 0) is 49.7 Å². The molecule has 4 aliphatic heterocycles. The van der Waals surface area contributed by atoms with Crippen LogP contribution in [0.2, 0.25) is 0 Å². The number of nitrogens with one attached hydrogen (secondary N) is 5. The SMILES string of the molecule is CCC(C)CC(C)CCCCCCCCC(=O)NC1C[C@@H](O)CNC(=O)[C@@H]2[C@@H](O)CCN2C(=O)[C@H]([C@@H](O)CC(N)=O)NC(=O)[C@H]([C@H](O)Cc2ccc3c(c2)CC(O)O3)NC(=O)[C@@H]2C[C@@H](O)CN2C(=O)[C@H]([C@H](C)O)NC1=O. The molecule has 76 heavy (non-hydrogen) atoms. The summed E-state index contributed by atoms with van der Waals surface area (Å²) in [6.45, 7) is 6.48. The molecule has 3 saturated heterocycles. The second-order valence-electron chi connectivity index (χ2n) is 21.4. The highest BCUT2D eigenvalue weighted by Gasteiger charge is 2.48. The lowest BCUT2D eigenvalue weighted by atomic mass is 9.91. The van der Waals surface area contributed by atoms with Crippen LogP contribution in [0.4, 0.5) is 0 Å². The van der Waals surface area contributed by atoms with Crippen LogP contribution in [0.25, 0.3) is 0 Å². The number of ether oxygens (including phenoxy) is 1. The van der Waals surface area contributed by atoms with E-state index in [1.54, 1.807) is 6.07 Å². The van der Waals surface area contributed by atoms with Crippen LogP contribution in [0.1, 0.15) is 129 Å². The third-order valence-corrected chi connectivity index (χ3v) is 14.9. The first kappa shape index (κ1) is 61.4. The van der Waals surface area contributed by atoms with Gasteiger partial charge in [0.25, 0.3) is 0 Å². The minimum atomic E-state index is -2.11. The maximum Gasteiger partial charge on any atom is 0.248 e. The van der Waals surface area contributed by atoms with E-state index in [0.717, 1.165) is 54.7 Å². The number of aliphatic hydroxyl groups is 7. The first-order valence-electron chi connectivity index (χ1n) is 26.9. The number of amides is 8. The van der Waals surface area contributed by atoms with Gasteiger partial charge in [0.2, 0.25) is 53.5 Å². The predicted octanol–water partition coefficient (Wildman–Crippen LogP) is -2.60. The van der Waals surface area contributed by atoms with E-state index in [0.29, 0.717) is 35.1 Å². The van der Waals surface area contributed by atoms with Gasteiger partial charge in [-0.15, -0.1) is 0 Å². The van der Waals surface area contributed by atoms with Gasteiger partial charge in [0.1, 0.15) is 42.0 Å². The number of carbonyl (C=O) groups is 8. The van der Waals surface area contributed by atoms with E-state index >= 15 is 0 Å². The van der Waals surface area contributed by atoms with Crippen LogP contribution in [-0.4, -0.2) is 192 Å². The summed E-state index contributed by atoms with van der Waals surface area (Å²) in [6, 6.07) is -6.24. The molecule has 0 aliphatic carbocycles. The van der Waals surface area contributed by atoms with Gasteiger partial charge in [0.05, 0.1) is 43.0 Å². The number of rotatable bonds is 20. The van der Waals surface area contributed by atoms with Crippen molar-refractivity contribution in [3.8, 4) is 5.75 Å². The molecule has 0 radical (unpaired) electrons. The Hall–Kier alpha value is -5.50. The van der Waals surface area contributed by atoms with Crippen LogP contribution in [0, 0.1) is 11.8 Å². The number of hydrogen-bond acceptors (Lipinski definition) is 16. The van der Waals surface area contributed by atoms with Crippen molar-refractivity contribution < 1.29 is 78.8 Å². The van der Waals surface area contributed by atoms with Crippen molar-refractivity contribution >= 4 is 47.3 Å². The average Bonchev–Trinajstić information content (AvgIpc) is 4.07. The maximum atomic E-state index is 14.5. The third kappa shape index (κ3) is 17.3. The topological polar surface area (TPSA) is 380 Å². The number of hydrogen-bond donors (Lipinski definition) is 13. The lowest BCUT2D eigenvalue weighted by Gasteiger charge is -2.33. The Labute approximate surface area is 443 Å². The Bertz CT molecular complexity index is 2190. The summed E-state index contributed by atoms with van der Waals surface area (Å²) in [5.41, 5.74) is 6.33. The third-order valence-electron chi connectivity index (χ3n) is 14.9. The van der Waals surface area contributed by atoms with Crippen LogP contribution in [0.5, 0.6) is 5.75 Å². The van der Waals surface area contributed by atoms with Crippen molar-refractivity contribution in [2.45, 2.75) is 210 Å². The summed E-state index contributed by atoms with van der Waals surface area (Å²) < 4.78 is 5.35. The zero-order valence-corrected chi connectivity index (χ0v) is 44.1. The second kappa shape index (κ2) is 28.8. The molecule has 15 atom stereocenters. The number of primary amides is 1. The van der Waals surface area contributed by atoms with E-state index in [2.05, 4.69) is 47.4 Å². The molecule has 0 aromatic heterocycles.